The third kappa shape index (κ3) is 3.26. The van der Waals surface area contributed by atoms with Crippen molar-refractivity contribution in [2.75, 3.05) is 4.90 Å². The maximum Gasteiger partial charge on any atom is 0.314 e. The highest BCUT2D eigenvalue weighted by molar-refractivity contribution is 7.85. The number of hydrogen-bond donors (Lipinski definition) is 4. The molecule has 0 amide bonds. The van der Waals surface area contributed by atoms with E-state index in [2.05, 4.69) is 9.98 Å². The molecule has 1 saturated carbocycles. The SMILES string of the molecule is NC1=NC2(CCCCC2)N(c2cc(S(=O)(=O)O)cc([N+](=O)[O-])c2O)C(N)=N1. The summed E-state index contributed by atoms with van der Waals surface area (Å²) in [5.41, 5.74) is 9.46. The van der Waals surface area contributed by atoms with Crippen LogP contribution in [-0.4, -0.2) is 40.6 Å². The Morgan fingerprint density at radius 3 is 2.41 bits per heavy atom. The van der Waals surface area contributed by atoms with Crippen LogP contribution in [-0.2, 0) is 10.1 Å². The molecule has 27 heavy (non-hydrogen) atoms. The fraction of sp³-hybridized carbons (Fsp3) is 0.429. The molecule has 0 atom stereocenters. The molecule has 1 aliphatic carbocycles. The second-order valence-electron chi connectivity index (χ2n) is 6.36. The Bertz CT molecular complexity index is 967. The zero-order chi connectivity index (χ0) is 20.0. The minimum absolute atomic E-state index is 0.0782. The zero-order valence-electron chi connectivity index (χ0n) is 14.1. The van der Waals surface area contributed by atoms with Gasteiger partial charge in [-0.05, 0) is 31.7 Å². The lowest BCUT2D eigenvalue weighted by atomic mass is 9.87. The Kier molecular flexibility index (Phi) is 4.43. The van der Waals surface area contributed by atoms with Crippen LogP contribution in [0.5, 0.6) is 5.75 Å². The molecule has 1 fully saturated rings. The van der Waals surface area contributed by atoms with Crippen molar-refractivity contribution in [2.45, 2.75) is 42.7 Å². The molecule has 2 aliphatic rings. The Morgan fingerprint density at radius 1 is 1.22 bits per heavy atom. The van der Waals surface area contributed by atoms with Gasteiger partial charge in [0.1, 0.15) is 10.6 Å². The van der Waals surface area contributed by atoms with Crippen LogP contribution < -0.4 is 16.4 Å². The average molecular weight is 398 g/mol. The van der Waals surface area contributed by atoms with Crippen LogP contribution in [0.3, 0.4) is 0 Å². The van der Waals surface area contributed by atoms with Gasteiger partial charge >= 0.3 is 5.69 Å². The lowest BCUT2D eigenvalue weighted by molar-refractivity contribution is -0.386. The lowest BCUT2D eigenvalue weighted by Gasteiger charge is -2.45. The zero-order valence-corrected chi connectivity index (χ0v) is 14.9. The molecule has 1 spiro atoms. The van der Waals surface area contributed by atoms with E-state index in [4.69, 9.17) is 11.5 Å². The third-order valence-electron chi connectivity index (χ3n) is 4.63. The van der Waals surface area contributed by atoms with E-state index in [1.54, 1.807) is 0 Å². The highest BCUT2D eigenvalue weighted by Crippen LogP contribution is 2.46. The summed E-state index contributed by atoms with van der Waals surface area (Å²) in [5, 5.41) is 21.7. The number of nitrogens with zero attached hydrogens (tertiary/aromatic N) is 4. The molecule has 12 nitrogen and oxygen atoms in total. The van der Waals surface area contributed by atoms with E-state index in [1.807, 2.05) is 0 Å². The number of aromatic hydroxyl groups is 1. The summed E-state index contributed by atoms with van der Waals surface area (Å²) >= 11 is 0. The van der Waals surface area contributed by atoms with E-state index in [-0.39, 0.29) is 17.6 Å². The van der Waals surface area contributed by atoms with Gasteiger partial charge in [0.15, 0.2) is 0 Å². The summed E-state index contributed by atoms with van der Waals surface area (Å²) in [6.45, 7) is 0. The quantitative estimate of drug-likeness (QED) is 0.321. The number of aliphatic imine (C=N–C) groups is 2. The molecule has 6 N–H and O–H groups in total. The predicted octanol–water partition coefficient (Wildman–Crippen LogP) is 0.657. The fourth-order valence-corrected chi connectivity index (χ4v) is 4.03. The summed E-state index contributed by atoms with van der Waals surface area (Å²) in [4.78, 5) is 19.0. The van der Waals surface area contributed by atoms with Crippen molar-refractivity contribution in [3.05, 3.63) is 22.2 Å². The maximum atomic E-state index is 11.6. The molecule has 146 valence electrons. The molecule has 0 bridgehead atoms. The van der Waals surface area contributed by atoms with Crippen LogP contribution in [0.4, 0.5) is 11.4 Å². The minimum atomic E-state index is -4.79. The summed E-state index contributed by atoms with van der Waals surface area (Å²) in [7, 11) is -4.79. The number of hydrogen-bond acceptors (Lipinski definition) is 10. The molecule has 0 saturated heterocycles. The molecule has 1 aromatic rings. The van der Waals surface area contributed by atoms with E-state index < -0.39 is 37.0 Å². The first kappa shape index (κ1) is 18.8. The number of guanidine groups is 2. The monoisotopic (exact) mass is 398 g/mol. The summed E-state index contributed by atoms with van der Waals surface area (Å²) in [6, 6.07) is 1.46. The van der Waals surface area contributed by atoms with E-state index in [9.17, 15) is 28.2 Å². The number of rotatable bonds is 3. The van der Waals surface area contributed by atoms with Gasteiger partial charge in [-0.1, -0.05) is 6.42 Å². The van der Waals surface area contributed by atoms with Crippen molar-refractivity contribution in [1.29, 1.82) is 0 Å². The standard InChI is InChI=1S/C14H18N6O6S/c15-12-17-13(16)19(14(18-12)4-2-1-3-5-14)9-6-8(27(24,25)26)7-10(11(9)21)20(22)23/h6-7,21H,1-5H2,(H,24,25,26)(H4,15,16,17,18). The van der Waals surface area contributed by atoms with Gasteiger partial charge in [-0.25, -0.2) is 4.99 Å². The molecule has 0 unspecified atom stereocenters. The van der Waals surface area contributed by atoms with E-state index in [0.29, 0.717) is 18.9 Å². The molecule has 1 aliphatic heterocycles. The summed E-state index contributed by atoms with van der Waals surface area (Å²) in [6.07, 6.45) is 3.36. The highest BCUT2D eigenvalue weighted by atomic mass is 32.2. The number of nitro benzene ring substituents is 1. The maximum absolute atomic E-state index is 11.6. The molecule has 0 aromatic heterocycles. The van der Waals surface area contributed by atoms with E-state index in [1.165, 1.54) is 4.90 Å². The highest BCUT2D eigenvalue weighted by Gasteiger charge is 2.44. The van der Waals surface area contributed by atoms with Crippen LogP contribution >= 0.6 is 0 Å². The second kappa shape index (κ2) is 6.35. The Balaban J connectivity index is 2.29. The Labute approximate surface area is 154 Å². The second-order valence-corrected chi connectivity index (χ2v) is 7.78. The van der Waals surface area contributed by atoms with Gasteiger partial charge in [-0.2, -0.15) is 13.4 Å². The predicted molar refractivity (Wildman–Crippen MR) is 96.1 cm³/mol. The van der Waals surface area contributed by atoms with Gasteiger partial charge < -0.3 is 16.6 Å². The number of phenolic OH excluding ortho intramolecular Hbond substituents is 1. The number of benzene rings is 1. The number of nitrogens with two attached hydrogens (primary N) is 2. The first-order chi connectivity index (χ1) is 12.5. The first-order valence-electron chi connectivity index (χ1n) is 8.04. The molecule has 0 radical (unpaired) electrons. The molecule has 3 rings (SSSR count). The smallest absolute Gasteiger partial charge is 0.314 e. The van der Waals surface area contributed by atoms with E-state index in [0.717, 1.165) is 25.3 Å². The van der Waals surface area contributed by atoms with Crippen molar-refractivity contribution in [3.63, 3.8) is 0 Å². The van der Waals surface area contributed by atoms with Crippen molar-refractivity contribution >= 4 is 33.4 Å². The van der Waals surface area contributed by atoms with Gasteiger partial charge in [0, 0.05) is 6.07 Å². The number of phenols is 1. The van der Waals surface area contributed by atoms with Crippen LogP contribution in [0, 0.1) is 10.1 Å². The fourth-order valence-electron chi connectivity index (χ4n) is 3.51. The number of anilines is 1. The third-order valence-corrected chi connectivity index (χ3v) is 5.46. The Hall–Kier alpha value is -2.93. The van der Waals surface area contributed by atoms with Gasteiger partial charge in [-0.15, -0.1) is 0 Å². The van der Waals surface area contributed by atoms with Crippen molar-refractivity contribution in [2.24, 2.45) is 21.5 Å². The molecule has 1 aromatic carbocycles. The van der Waals surface area contributed by atoms with Gasteiger partial charge in [-0.3, -0.25) is 19.6 Å². The van der Waals surface area contributed by atoms with Gasteiger partial charge in [0.05, 0.1) is 10.6 Å². The molecular formula is C14H18N6O6S. The topological polar surface area (TPSA) is 198 Å². The molecular weight excluding hydrogens is 380 g/mol. The van der Waals surface area contributed by atoms with Crippen LogP contribution in [0.1, 0.15) is 32.1 Å². The first-order valence-corrected chi connectivity index (χ1v) is 9.48. The van der Waals surface area contributed by atoms with E-state index >= 15 is 0 Å². The van der Waals surface area contributed by atoms with Crippen LogP contribution in [0.2, 0.25) is 0 Å². The lowest BCUT2D eigenvalue weighted by Crippen LogP contribution is -2.58. The largest absolute Gasteiger partial charge is 0.501 e. The van der Waals surface area contributed by atoms with Crippen LogP contribution in [0.15, 0.2) is 27.0 Å². The van der Waals surface area contributed by atoms with Gasteiger partial charge in [0.2, 0.25) is 17.7 Å². The van der Waals surface area contributed by atoms with Crippen molar-refractivity contribution < 1.29 is 23.0 Å². The van der Waals surface area contributed by atoms with Crippen molar-refractivity contribution in [3.8, 4) is 5.75 Å². The summed E-state index contributed by atoms with van der Waals surface area (Å²) in [5.74, 6) is -1.08. The van der Waals surface area contributed by atoms with Crippen LogP contribution in [0.25, 0.3) is 0 Å². The minimum Gasteiger partial charge on any atom is -0.501 e. The normalized spacial score (nSPS) is 19.5. The average Bonchev–Trinajstić information content (AvgIpc) is 2.55. The number of nitro groups is 1. The van der Waals surface area contributed by atoms with Gasteiger partial charge in [0.25, 0.3) is 10.1 Å². The van der Waals surface area contributed by atoms with Crippen molar-refractivity contribution in [1.82, 2.24) is 0 Å². The molecule has 13 heteroatoms. The Morgan fingerprint density at radius 2 is 1.85 bits per heavy atom. The summed E-state index contributed by atoms with van der Waals surface area (Å²) < 4.78 is 32.5. The molecule has 1 heterocycles.